The summed E-state index contributed by atoms with van der Waals surface area (Å²) in [6, 6.07) is 6.76. The highest BCUT2D eigenvalue weighted by Gasteiger charge is 2.24. The van der Waals surface area contributed by atoms with E-state index < -0.39 is 0 Å². The van der Waals surface area contributed by atoms with Gasteiger partial charge in [0.15, 0.2) is 0 Å². The Hall–Kier alpha value is -1.06. The van der Waals surface area contributed by atoms with Crippen LogP contribution in [0.25, 0.3) is 0 Å². The second kappa shape index (κ2) is 6.40. The third-order valence-electron chi connectivity index (χ3n) is 4.04. The molecule has 0 saturated carbocycles. The Kier molecular flexibility index (Phi) is 4.83. The van der Waals surface area contributed by atoms with Crippen molar-refractivity contribution < 1.29 is 9.84 Å². The lowest BCUT2D eigenvalue weighted by molar-refractivity contribution is 0.130. The normalized spacial score (nSPS) is 17.7. The van der Waals surface area contributed by atoms with Gasteiger partial charge in [0.1, 0.15) is 5.75 Å². The summed E-state index contributed by atoms with van der Waals surface area (Å²) < 4.78 is 5.67. The van der Waals surface area contributed by atoms with Gasteiger partial charge in [-0.3, -0.25) is 0 Å². The van der Waals surface area contributed by atoms with E-state index in [9.17, 15) is 5.11 Å². The van der Waals surface area contributed by atoms with Gasteiger partial charge < -0.3 is 14.7 Å². The molecule has 2 unspecified atom stereocenters. The summed E-state index contributed by atoms with van der Waals surface area (Å²) in [6.45, 7) is 3.20. The third kappa shape index (κ3) is 3.10. The number of nitrogens with zero attached hydrogens (tertiary/aromatic N) is 1. The van der Waals surface area contributed by atoms with Crippen molar-refractivity contribution in [1.29, 1.82) is 0 Å². The smallest absolute Gasteiger partial charge is 0.122 e. The number of hydrogen-bond donors (Lipinski definition) is 1. The number of aryl methyl sites for hydroxylation is 1. The first-order valence-corrected chi connectivity index (χ1v) is 7.20. The molecule has 1 aromatic carbocycles. The van der Waals surface area contributed by atoms with Crippen molar-refractivity contribution >= 4 is 0 Å². The van der Waals surface area contributed by atoms with Crippen LogP contribution in [0.4, 0.5) is 0 Å². The van der Waals surface area contributed by atoms with Crippen LogP contribution in [0.2, 0.25) is 0 Å². The first kappa shape index (κ1) is 14.4. The Morgan fingerprint density at radius 2 is 2.16 bits per heavy atom. The van der Waals surface area contributed by atoms with Gasteiger partial charge in [0, 0.05) is 18.6 Å². The van der Waals surface area contributed by atoms with Crippen molar-refractivity contribution in [1.82, 2.24) is 4.90 Å². The van der Waals surface area contributed by atoms with Gasteiger partial charge in [-0.2, -0.15) is 0 Å². The molecule has 0 spiro atoms. The van der Waals surface area contributed by atoms with Crippen LogP contribution in [0.5, 0.6) is 5.75 Å². The highest BCUT2D eigenvalue weighted by atomic mass is 16.5. The van der Waals surface area contributed by atoms with Crippen LogP contribution in [0.1, 0.15) is 36.9 Å². The minimum atomic E-state index is 0.229. The van der Waals surface area contributed by atoms with E-state index in [2.05, 4.69) is 44.1 Å². The minimum absolute atomic E-state index is 0.229. The molecule has 1 aliphatic heterocycles. The van der Waals surface area contributed by atoms with E-state index in [1.807, 2.05) is 0 Å². The molecule has 3 nitrogen and oxygen atoms in total. The van der Waals surface area contributed by atoms with Crippen molar-refractivity contribution in [2.24, 2.45) is 5.92 Å². The van der Waals surface area contributed by atoms with Crippen LogP contribution >= 0.6 is 0 Å². The van der Waals surface area contributed by atoms with E-state index in [-0.39, 0.29) is 18.6 Å². The van der Waals surface area contributed by atoms with Crippen LogP contribution in [-0.4, -0.2) is 37.3 Å². The van der Waals surface area contributed by atoms with Gasteiger partial charge >= 0.3 is 0 Å². The second-order valence-corrected chi connectivity index (χ2v) is 5.58. The number of aliphatic hydroxyl groups excluding tert-OH is 1. The molecule has 3 heteroatoms. The molecule has 1 aromatic rings. The number of fused-ring (bicyclic) bond motifs is 1. The number of hydrogen-bond acceptors (Lipinski definition) is 3. The van der Waals surface area contributed by atoms with Gasteiger partial charge in [-0.1, -0.05) is 19.1 Å². The standard InChI is InChI=1S/C16H25NO2/c1-4-12(11-18)16(17(2)3)14-7-8-15-13(10-14)6-5-9-19-15/h7-8,10,12,16,18H,4-6,9,11H2,1-3H3. The SMILES string of the molecule is CCC(CO)C(c1ccc2c(c1)CCCO2)N(C)C. The first-order valence-electron chi connectivity index (χ1n) is 7.20. The van der Waals surface area contributed by atoms with Crippen LogP contribution in [0, 0.1) is 5.92 Å². The summed E-state index contributed by atoms with van der Waals surface area (Å²) in [4.78, 5) is 2.20. The molecule has 1 heterocycles. The maximum absolute atomic E-state index is 9.59. The van der Waals surface area contributed by atoms with Crippen LogP contribution < -0.4 is 4.74 Å². The summed E-state index contributed by atoms with van der Waals surface area (Å²) >= 11 is 0. The van der Waals surface area contributed by atoms with E-state index >= 15 is 0 Å². The van der Waals surface area contributed by atoms with Gasteiger partial charge in [-0.05, 0) is 50.6 Å². The lowest BCUT2D eigenvalue weighted by atomic mass is 9.89. The molecule has 2 atom stereocenters. The third-order valence-corrected chi connectivity index (χ3v) is 4.04. The average molecular weight is 263 g/mol. The number of rotatable bonds is 5. The highest BCUT2D eigenvalue weighted by molar-refractivity contribution is 5.39. The van der Waals surface area contributed by atoms with Crippen molar-refractivity contribution in [2.45, 2.75) is 32.2 Å². The zero-order chi connectivity index (χ0) is 13.8. The van der Waals surface area contributed by atoms with Crippen LogP contribution in [0.3, 0.4) is 0 Å². The largest absolute Gasteiger partial charge is 0.493 e. The van der Waals surface area contributed by atoms with Crippen molar-refractivity contribution in [3.8, 4) is 5.75 Å². The zero-order valence-corrected chi connectivity index (χ0v) is 12.2. The summed E-state index contributed by atoms with van der Waals surface area (Å²) in [5.41, 5.74) is 2.60. The van der Waals surface area contributed by atoms with E-state index in [0.29, 0.717) is 0 Å². The summed E-state index contributed by atoms with van der Waals surface area (Å²) in [5.74, 6) is 1.31. The molecule has 0 bridgehead atoms. The first-order chi connectivity index (χ1) is 9.17. The topological polar surface area (TPSA) is 32.7 Å². The van der Waals surface area contributed by atoms with Gasteiger partial charge in [-0.15, -0.1) is 0 Å². The van der Waals surface area contributed by atoms with E-state index in [0.717, 1.165) is 31.6 Å². The van der Waals surface area contributed by atoms with E-state index in [1.54, 1.807) is 0 Å². The van der Waals surface area contributed by atoms with Crippen molar-refractivity contribution in [3.63, 3.8) is 0 Å². The Balaban J connectivity index is 2.31. The number of ether oxygens (including phenoxy) is 1. The summed E-state index contributed by atoms with van der Waals surface area (Å²) in [5, 5.41) is 9.59. The maximum Gasteiger partial charge on any atom is 0.122 e. The van der Waals surface area contributed by atoms with Gasteiger partial charge in [0.05, 0.1) is 6.61 Å². The van der Waals surface area contributed by atoms with Gasteiger partial charge in [0.25, 0.3) is 0 Å². The molecule has 0 saturated heterocycles. The van der Waals surface area contributed by atoms with Crippen molar-refractivity contribution in [3.05, 3.63) is 29.3 Å². The fourth-order valence-corrected chi connectivity index (χ4v) is 3.01. The van der Waals surface area contributed by atoms with Gasteiger partial charge in [0.2, 0.25) is 0 Å². The number of benzene rings is 1. The Bertz CT molecular complexity index is 413. The predicted octanol–water partition coefficient (Wildman–Crippen LogP) is 2.63. The van der Waals surface area contributed by atoms with Crippen molar-refractivity contribution in [2.75, 3.05) is 27.3 Å². The highest BCUT2D eigenvalue weighted by Crippen LogP contribution is 2.33. The fourth-order valence-electron chi connectivity index (χ4n) is 3.01. The molecule has 0 radical (unpaired) electrons. The molecule has 0 fully saturated rings. The summed E-state index contributed by atoms with van der Waals surface area (Å²) in [6.07, 6.45) is 3.17. The molecule has 0 amide bonds. The lowest BCUT2D eigenvalue weighted by Gasteiger charge is -2.32. The quantitative estimate of drug-likeness (QED) is 0.886. The molecule has 2 rings (SSSR count). The molecule has 0 aromatic heterocycles. The van der Waals surface area contributed by atoms with E-state index in [4.69, 9.17) is 4.74 Å². The Labute approximate surface area is 116 Å². The van der Waals surface area contributed by atoms with Crippen LogP contribution in [0.15, 0.2) is 18.2 Å². The van der Waals surface area contributed by atoms with Gasteiger partial charge in [-0.25, -0.2) is 0 Å². The predicted molar refractivity (Wildman–Crippen MR) is 77.6 cm³/mol. The average Bonchev–Trinajstić information content (AvgIpc) is 2.43. The lowest BCUT2D eigenvalue weighted by Crippen LogP contribution is -2.29. The molecule has 0 aliphatic carbocycles. The molecule has 1 aliphatic rings. The molecular formula is C16H25NO2. The Morgan fingerprint density at radius 3 is 2.79 bits per heavy atom. The van der Waals surface area contributed by atoms with E-state index in [1.165, 1.54) is 11.1 Å². The molecule has 19 heavy (non-hydrogen) atoms. The second-order valence-electron chi connectivity index (χ2n) is 5.58. The monoisotopic (exact) mass is 263 g/mol. The van der Waals surface area contributed by atoms with Crippen LogP contribution in [-0.2, 0) is 6.42 Å². The summed E-state index contributed by atoms with van der Waals surface area (Å²) in [7, 11) is 4.16. The maximum atomic E-state index is 9.59. The molecule has 106 valence electrons. The Morgan fingerprint density at radius 1 is 1.37 bits per heavy atom. The molecular weight excluding hydrogens is 238 g/mol. The fraction of sp³-hybridized carbons (Fsp3) is 0.625. The minimum Gasteiger partial charge on any atom is -0.493 e. The number of aliphatic hydroxyl groups is 1. The molecule has 1 N–H and O–H groups in total. The zero-order valence-electron chi connectivity index (χ0n) is 12.2.